The average Bonchev–Trinajstić information content (AvgIpc) is 4.15. The number of thiazole rings is 1. The molecule has 9 rings (SSSR count). The van der Waals surface area contributed by atoms with Crippen molar-refractivity contribution in [2.24, 2.45) is 11.3 Å². The number of likely N-dealkylation sites (N-methyl/N-ethyl adjacent to an activating group) is 2. The minimum Gasteiger partial charge on any atom is -0.464 e. The van der Waals surface area contributed by atoms with Gasteiger partial charge in [-0.3, -0.25) is 34.2 Å². The number of nitrogens with one attached hydrogen (secondary N) is 2. The second-order valence-corrected chi connectivity index (χ2v) is 22.3. The van der Waals surface area contributed by atoms with E-state index in [-0.39, 0.29) is 36.9 Å². The Labute approximate surface area is 432 Å². The lowest BCUT2D eigenvalue weighted by Gasteiger charge is -2.37. The van der Waals surface area contributed by atoms with E-state index >= 15 is 0 Å². The van der Waals surface area contributed by atoms with Crippen LogP contribution in [0.3, 0.4) is 0 Å². The van der Waals surface area contributed by atoms with E-state index < -0.39 is 47.4 Å². The van der Waals surface area contributed by atoms with Gasteiger partial charge in [-0.05, 0) is 94.0 Å². The van der Waals surface area contributed by atoms with Crippen molar-refractivity contribution in [2.75, 3.05) is 72.0 Å². The van der Waals surface area contributed by atoms with Crippen LogP contribution in [0.15, 0.2) is 60.4 Å². The summed E-state index contributed by atoms with van der Waals surface area (Å²) in [6.07, 6.45) is 6.65. The van der Waals surface area contributed by atoms with E-state index in [1.54, 1.807) is 26.6 Å². The van der Waals surface area contributed by atoms with Gasteiger partial charge in [0.1, 0.15) is 24.2 Å². The summed E-state index contributed by atoms with van der Waals surface area (Å²) in [6.45, 7) is 17.5. The predicted octanol–water partition coefficient (Wildman–Crippen LogP) is 6.41. The second kappa shape index (κ2) is 22.0. The molecule has 6 atom stereocenters. The molecule has 0 radical (unpaired) electrons. The Hall–Kier alpha value is -5.79. The van der Waals surface area contributed by atoms with Crippen molar-refractivity contribution >= 4 is 51.6 Å². The Kier molecular flexibility index (Phi) is 15.7. The number of carbonyl (C=O) groups is 4. The maximum absolute atomic E-state index is 14.8. The number of pyridine rings is 2. The Morgan fingerprint density at radius 2 is 1.81 bits per heavy atom. The monoisotopic (exact) mass is 1020 g/mol. The van der Waals surface area contributed by atoms with E-state index in [0.717, 1.165) is 82.1 Å². The van der Waals surface area contributed by atoms with Gasteiger partial charge in [0.25, 0.3) is 11.8 Å². The molecular formula is C55H72N10O7S. The van der Waals surface area contributed by atoms with Crippen LogP contribution in [-0.4, -0.2) is 149 Å². The molecular weight excluding hydrogens is 945 g/mol. The molecule has 6 bridgehead atoms. The minimum atomic E-state index is -1.09. The highest BCUT2D eigenvalue weighted by atomic mass is 32.1. The van der Waals surface area contributed by atoms with Crippen molar-refractivity contribution in [3.8, 4) is 22.5 Å². The van der Waals surface area contributed by atoms with Crippen molar-refractivity contribution in [1.82, 2.24) is 45.1 Å². The van der Waals surface area contributed by atoms with Gasteiger partial charge in [0, 0.05) is 118 Å². The molecule has 5 aromatic rings. The number of hydrazine groups is 1. The first-order valence-electron chi connectivity index (χ1n) is 25.9. The number of rotatable bonds is 11. The van der Waals surface area contributed by atoms with Gasteiger partial charge in [-0.25, -0.2) is 10.4 Å². The van der Waals surface area contributed by atoms with Gasteiger partial charge in [-0.1, -0.05) is 33.8 Å². The van der Waals surface area contributed by atoms with Crippen LogP contribution in [0.5, 0.6) is 0 Å². The molecule has 17 nitrogen and oxygen atoms in total. The molecule has 2 N–H and O–H groups in total. The zero-order chi connectivity index (χ0) is 51.7. The number of amides is 3. The normalized spacial score (nSPS) is 22.8. The molecule has 3 amide bonds. The number of carbonyl (C=O) groups excluding carboxylic acids is 4. The minimum absolute atomic E-state index is 0.0794. The van der Waals surface area contributed by atoms with Crippen LogP contribution >= 0.6 is 11.3 Å². The molecule has 0 aliphatic carbocycles. The SMILES string of the molecule is CCn1c(-c2cc(N3CCN(C)CC3)cnc2[C@H](C)OC)c2c3cc(ccc31)-c1csc(n1)C[C@H](NC(=O)C(C(C)C)N(C)C(=O)[C@@H]1OCC[C@@H]1c1ccncc1)C(=O)N1CCC[C@H](N1)C(=O)OCC(C)(C)C2. The second-order valence-electron chi connectivity index (χ2n) is 21.4. The number of aryl methyl sites for hydroxylation is 1. The number of hydrogen-bond donors (Lipinski definition) is 2. The third kappa shape index (κ3) is 10.9. The molecule has 0 saturated carbocycles. The number of fused-ring (bicyclic) bond motifs is 6. The maximum Gasteiger partial charge on any atom is 0.324 e. The van der Waals surface area contributed by atoms with E-state index in [4.69, 9.17) is 24.2 Å². The van der Waals surface area contributed by atoms with E-state index in [9.17, 15) is 19.2 Å². The number of ether oxygens (including phenoxy) is 3. The van der Waals surface area contributed by atoms with Gasteiger partial charge in [-0.15, -0.1) is 11.3 Å². The van der Waals surface area contributed by atoms with Crippen LogP contribution in [0.2, 0.25) is 0 Å². The highest BCUT2D eigenvalue weighted by Crippen LogP contribution is 2.43. The summed E-state index contributed by atoms with van der Waals surface area (Å²) in [5.74, 6) is -2.15. The van der Waals surface area contributed by atoms with E-state index in [0.29, 0.717) is 50.4 Å². The smallest absolute Gasteiger partial charge is 0.324 e. The van der Waals surface area contributed by atoms with Gasteiger partial charge >= 0.3 is 5.97 Å². The summed E-state index contributed by atoms with van der Waals surface area (Å²) in [5.41, 5.74) is 11.4. The highest BCUT2D eigenvalue weighted by molar-refractivity contribution is 7.10. The molecule has 8 heterocycles. The molecule has 1 aromatic carbocycles. The number of cyclic esters (lactones) is 1. The number of benzene rings is 1. The van der Waals surface area contributed by atoms with Gasteiger partial charge in [0.15, 0.2) is 0 Å². The van der Waals surface area contributed by atoms with Crippen LogP contribution in [0.1, 0.15) is 94.7 Å². The van der Waals surface area contributed by atoms with Crippen molar-refractivity contribution in [1.29, 1.82) is 0 Å². The molecule has 4 aliphatic rings. The maximum atomic E-state index is 14.8. The van der Waals surface area contributed by atoms with Crippen LogP contribution in [0, 0.1) is 11.3 Å². The Morgan fingerprint density at radius 1 is 1.04 bits per heavy atom. The Balaban J connectivity index is 1.09. The summed E-state index contributed by atoms with van der Waals surface area (Å²) in [5, 5.41) is 8.22. The van der Waals surface area contributed by atoms with Crippen molar-refractivity contribution < 1.29 is 33.4 Å². The van der Waals surface area contributed by atoms with Gasteiger partial charge < -0.3 is 38.8 Å². The van der Waals surface area contributed by atoms with Crippen molar-refractivity contribution in [3.05, 3.63) is 82.2 Å². The molecule has 3 saturated heterocycles. The lowest BCUT2D eigenvalue weighted by atomic mass is 9.84. The summed E-state index contributed by atoms with van der Waals surface area (Å²) in [7, 11) is 5.50. The molecule has 4 aromatic heterocycles. The molecule has 1 unspecified atom stereocenters. The zero-order valence-corrected chi connectivity index (χ0v) is 44.7. The van der Waals surface area contributed by atoms with Crippen LogP contribution < -0.4 is 15.6 Å². The third-order valence-electron chi connectivity index (χ3n) is 15.2. The largest absolute Gasteiger partial charge is 0.464 e. The van der Waals surface area contributed by atoms with Crippen molar-refractivity contribution in [3.63, 3.8) is 0 Å². The average molecular weight is 1020 g/mol. The first kappa shape index (κ1) is 52.1. The van der Waals surface area contributed by atoms with Crippen molar-refractivity contribution in [2.45, 2.75) is 116 Å². The first-order valence-corrected chi connectivity index (χ1v) is 26.8. The standard InChI is InChI=1S/C55H72N10O7S/c1-10-64-45-14-13-36-26-39(45)41(49(64)40-27-37(30-57-47(40)34(4)70-9)63-23-21-61(7)22-24-63)29-55(5,6)32-72-54(69)42-12-11-20-65(60-42)52(67)43(28-46-58-44(36)31-73-46)59-51(66)48(33(2)3)62(8)53(68)50-38(17-25-71-50)35-15-18-56-19-16-35/h13-16,18-19,26-27,30-31,33-34,38,42-43,48,50,60H,10-12,17,20-25,28-29,32H2,1-9H3,(H,59,66)/t34-,38+,42-,43-,48?,50+/m0/s1. The number of esters is 1. The topological polar surface area (TPSA) is 177 Å². The summed E-state index contributed by atoms with van der Waals surface area (Å²) >= 11 is 1.42. The third-order valence-corrected chi connectivity index (χ3v) is 16.1. The van der Waals surface area contributed by atoms with Gasteiger partial charge in [-0.2, -0.15) is 0 Å². The Bertz CT molecular complexity index is 2810. The fourth-order valence-corrected chi connectivity index (χ4v) is 12.0. The molecule has 0 spiro atoms. The van der Waals surface area contributed by atoms with E-state index in [1.807, 2.05) is 44.5 Å². The molecule has 73 heavy (non-hydrogen) atoms. The highest BCUT2D eigenvalue weighted by Gasteiger charge is 2.43. The quantitative estimate of drug-likeness (QED) is 0.139. The fourth-order valence-electron chi connectivity index (χ4n) is 11.1. The van der Waals surface area contributed by atoms with E-state index in [2.05, 4.69) is 82.2 Å². The first-order chi connectivity index (χ1) is 35.0. The number of hydrogen-bond acceptors (Lipinski definition) is 14. The summed E-state index contributed by atoms with van der Waals surface area (Å²) in [6, 6.07) is 9.73. The summed E-state index contributed by atoms with van der Waals surface area (Å²) in [4.78, 5) is 78.5. The van der Waals surface area contributed by atoms with Gasteiger partial charge in [0.05, 0.1) is 46.7 Å². The zero-order valence-electron chi connectivity index (χ0n) is 43.9. The van der Waals surface area contributed by atoms with Crippen LogP contribution in [-0.2, 0) is 52.8 Å². The summed E-state index contributed by atoms with van der Waals surface area (Å²) < 4.78 is 20.6. The molecule has 3 fully saturated rings. The molecule has 390 valence electrons. The number of nitrogens with zero attached hydrogens (tertiary/aromatic N) is 8. The lowest BCUT2D eigenvalue weighted by Crippen LogP contribution is -2.62. The predicted molar refractivity (Wildman–Crippen MR) is 282 cm³/mol. The van der Waals surface area contributed by atoms with E-state index in [1.165, 1.54) is 21.2 Å². The number of aromatic nitrogens is 4. The number of methoxy groups -OCH3 is 1. The number of piperazine rings is 1. The number of anilines is 1. The lowest BCUT2D eigenvalue weighted by molar-refractivity contribution is -0.155. The molecule has 4 aliphatic heterocycles. The van der Waals surface area contributed by atoms with Crippen LogP contribution in [0.25, 0.3) is 33.4 Å². The molecule has 18 heteroatoms. The Morgan fingerprint density at radius 3 is 2.53 bits per heavy atom. The van der Waals surface area contributed by atoms with Gasteiger partial charge in [0.2, 0.25) is 5.91 Å². The van der Waals surface area contributed by atoms with Crippen LogP contribution in [0.4, 0.5) is 5.69 Å². The fraction of sp³-hybridized carbons (Fsp3) is 0.545.